The van der Waals surface area contributed by atoms with Crippen molar-refractivity contribution in [3.8, 4) is 11.1 Å². The summed E-state index contributed by atoms with van der Waals surface area (Å²) in [5, 5.41) is 5.55. The molecule has 1 fully saturated rings. The van der Waals surface area contributed by atoms with Gasteiger partial charge in [0.15, 0.2) is 11.5 Å². The first kappa shape index (κ1) is 40.3. The lowest BCUT2D eigenvalue weighted by molar-refractivity contribution is 0.00959. The number of fused-ring (bicyclic) bond motifs is 2. The van der Waals surface area contributed by atoms with E-state index in [9.17, 15) is 9.18 Å². The predicted molar refractivity (Wildman–Crippen MR) is 216 cm³/mol. The normalized spacial score (nSPS) is 14.6. The quantitative estimate of drug-likeness (QED) is 0.0627. The number of hydrogen-bond acceptors (Lipinski definition) is 8. The maximum Gasteiger partial charge on any atom is 0.411 e. The summed E-state index contributed by atoms with van der Waals surface area (Å²) in [5.41, 5.74) is 2.45. The van der Waals surface area contributed by atoms with Gasteiger partial charge in [-0.05, 0) is 92.3 Å². The zero-order valence-corrected chi connectivity index (χ0v) is 36.2. The van der Waals surface area contributed by atoms with Crippen LogP contribution in [0.1, 0.15) is 52.7 Å². The molecule has 10 nitrogen and oxygen atoms in total. The van der Waals surface area contributed by atoms with Crippen LogP contribution in [0, 0.1) is 5.82 Å². The lowest BCUT2D eigenvalue weighted by Crippen LogP contribution is -2.44. The van der Waals surface area contributed by atoms with Crippen LogP contribution in [0.5, 0.6) is 0 Å². The van der Waals surface area contributed by atoms with Gasteiger partial charge in [-0.25, -0.2) is 14.2 Å². The third kappa shape index (κ3) is 10.2. The van der Waals surface area contributed by atoms with Crippen molar-refractivity contribution < 1.29 is 23.4 Å². The Kier molecular flexibility index (Phi) is 12.3. The summed E-state index contributed by atoms with van der Waals surface area (Å²) in [6.45, 7) is 23.8. The third-order valence-corrected chi connectivity index (χ3v) is 13.6. The predicted octanol–water partition coefficient (Wildman–Crippen LogP) is 9.96. The first-order chi connectivity index (χ1) is 24.3. The van der Waals surface area contributed by atoms with E-state index < -0.39 is 21.7 Å². The Morgan fingerprint density at radius 3 is 2.19 bits per heavy atom. The number of anilines is 1. The van der Waals surface area contributed by atoms with E-state index in [1.54, 1.807) is 23.0 Å². The molecular weight excluding hydrogens is 760 g/mol. The molecule has 0 aliphatic heterocycles. The Hall–Kier alpha value is -2.92. The Bertz CT molecular complexity index is 1860. The molecular formula is C38H56BrFN6O4Si2. The number of hydrogen-bond donors (Lipinski definition) is 0. The van der Waals surface area contributed by atoms with Gasteiger partial charge in [0.25, 0.3) is 0 Å². The number of pyridine rings is 1. The molecule has 14 heteroatoms. The van der Waals surface area contributed by atoms with E-state index in [4.69, 9.17) is 24.3 Å². The van der Waals surface area contributed by atoms with E-state index in [0.717, 1.165) is 42.5 Å². The number of carbonyl (C=O) groups is 1. The number of carbonyl (C=O) groups excluding carboxylic acids is 1. The molecule has 1 aliphatic rings. The van der Waals surface area contributed by atoms with Gasteiger partial charge in [-0.1, -0.05) is 46.2 Å². The van der Waals surface area contributed by atoms with Gasteiger partial charge in [-0.3, -0.25) is 9.88 Å². The zero-order valence-electron chi connectivity index (χ0n) is 32.6. The highest BCUT2D eigenvalue weighted by Gasteiger charge is 2.50. The molecule has 0 N–H and O–H groups in total. The number of benzene rings is 1. The SMILES string of the molecule is CCC1(N(Cc2nc3c(-c4cnc5ccc(F)cc5c4)cnn3c(N(COCC[Si](C)(C)C)COCC[Si](C)(C)C)c2Br)C(=O)OC(C)(C)C)CC1. The van der Waals surface area contributed by atoms with Crippen LogP contribution >= 0.6 is 15.9 Å². The van der Waals surface area contributed by atoms with Gasteiger partial charge in [0, 0.05) is 57.6 Å². The second-order valence-corrected chi connectivity index (χ2v) is 29.5. The van der Waals surface area contributed by atoms with Crippen molar-refractivity contribution in [3.05, 3.63) is 52.6 Å². The zero-order chi connectivity index (χ0) is 38.1. The molecule has 3 aromatic heterocycles. The van der Waals surface area contributed by atoms with Crippen molar-refractivity contribution in [2.24, 2.45) is 0 Å². The maximum atomic E-state index is 14.3. The molecule has 52 heavy (non-hydrogen) atoms. The summed E-state index contributed by atoms with van der Waals surface area (Å²) >= 11 is 3.94. The first-order valence-corrected chi connectivity index (χ1v) is 26.5. The van der Waals surface area contributed by atoms with Crippen LogP contribution in [0.2, 0.25) is 51.4 Å². The van der Waals surface area contributed by atoms with Crippen molar-refractivity contribution in [1.82, 2.24) is 24.5 Å². The van der Waals surface area contributed by atoms with Crippen LogP contribution in [0.4, 0.5) is 15.0 Å². The van der Waals surface area contributed by atoms with Gasteiger partial charge in [0.1, 0.15) is 24.9 Å². The summed E-state index contributed by atoms with van der Waals surface area (Å²) in [4.78, 5) is 27.6. The Labute approximate surface area is 318 Å². The molecule has 1 saturated carbocycles. The number of nitrogens with zero attached hydrogens (tertiary/aromatic N) is 6. The average molecular weight is 816 g/mol. The summed E-state index contributed by atoms with van der Waals surface area (Å²) in [6, 6.07) is 8.53. The molecule has 1 aromatic carbocycles. The van der Waals surface area contributed by atoms with Crippen molar-refractivity contribution in [2.45, 2.75) is 116 Å². The fourth-order valence-corrected chi connectivity index (χ4v) is 8.10. The summed E-state index contributed by atoms with van der Waals surface area (Å²) in [5.74, 6) is 0.376. The largest absolute Gasteiger partial charge is 0.444 e. The van der Waals surface area contributed by atoms with Crippen molar-refractivity contribution in [3.63, 3.8) is 0 Å². The number of rotatable bonds is 16. The van der Waals surface area contributed by atoms with E-state index in [-0.39, 0.29) is 37.5 Å². The van der Waals surface area contributed by atoms with E-state index >= 15 is 0 Å². The van der Waals surface area contributed by atoms with E-state index in [1.807, 2.05) is 36.6 Å². The number of halogens is 2. The summed E-state index contributed by atoms with van der Waals surface area (Å²) < 4.78 is 35.4. The Morgan fingerprint density at radius 2 is 1.63 bits per heavy atom. The highest BCUT2D eigenvalue weighted by atomic mass is 79.9. The van der Waals surface area contributed by atoms with Gasteiger partial charge in [-0.2, -0.15) is 9.61 Å². The minimum Gasteiger partial charge on any atom is -0.444 e. The van der Waals surface area contributed by atoms with Gasteiger partial charge in [0.05, 0.1) is 28.4 Å². The summed E-state index contributed by atoms with van der Waals surface area (Å²) in [7, 11) is -2.66. The van der Waals surface area contributed by atoms with Gasteiger partial charge < -0.3 is 19.1 Å². The van der Waals surface area contributed by atoms with Crippen LogP contribution < -0.4 is 4.90 Å². The number of ether oxygens (including phenoxy) is 3. The lowest BCUT2D eigenvalue weighted by Gasteiger charge is -2.34. The van der Waals surface area contributed by atoms with E-state index in [2.05, 4.69) is 67.1 Å². The minimum absolute atomic E-state index is 0.222. The number of aromatic nitrogens is 4. The summed E-state index contributed by atoms with van der Waals surface area (Å²) in [6.07, 6.45) is 5.76. The van der Waals surface area contributed by atoms with Crippen LogP contribution in [0.25, 0.3) is 27.7 Å². The third-order valence-electron chi connectivity index (χ3n) is 9.36. The maximum absolute atomic E-state index is 14.3. The van der Waals surface area contributed by atoms with Crippen molar-refractivity contribution in [2.75, 3.05) is 31.6 Å². The van der Waals surface area contributed by atoms with E-state index in [1.165, 1.54) is 12.1 Å². The molecule has 4 aromatic rings. The smallest absolute Gasteiger partial charge is 0.411 e. The van der Waals surface area contributed by atoms with Crippen LogP contribution in [-0.2, 0) is 20.8 Å². The second-order valence-electron chi connectivity index (χ2n) is 17.4. The molecule has 284 valence electrons. The number of amides is 1. The van der Waals surface area contributed by atoms with Crippen LogP contribution in [0.3, 0.4) is 0 Å². The fraction of sp³-hybridized carbons (Fsp3) is 0.579. The molecule has 0 atom stereocenters. The van der Waals surface area contributed by atoms with Gasteiger partial charge >= 0.3 is 6.09 Å². The average Bonchev–Trinajstić information content (AvgIpc) is 3.72. The lowest BCUT2D eigenvalue weighted by atomic mass is 10.1. The Morgan fingerprint density at radius 1 is 1.00 bits per heavy atom. The van der Waals surface area contributed by atoms with Crippen molar-refractivity contribution >= 4 is 60.5 Å². The Balaban J connectivity index is 1.64. The van der Waals surface area contributed by atoms with Crippen molar-refractivity contribution in [1.29, 1.82) is 0 Å². The van der Waals surface area contributed by atoms with Crippen LogP contribution in [0.15, 0.2) is 41.1 Å². The van der Waals surface area contributed by atoms with Gasteiger partial charge in [0.2, 0.25) is 0 Å². The van der Waals surface area contributed by atoms with Crippen LogP contribution in [-0.4, -0.2) is 84.5 Å². The molecule has 5 rings (SSSR count). The topological polar surface area (TPSA) is 94.3 Å². The molecule has 1 amide bonds. The molecule has 0 bridgehead atoms. The monoisotopic (exact) mass is 814 g/mol. The molecule has 0 spiro atoms. The molecule has 0 unspecified atom stereocenters. The van der Waals surface area contributed by atoms with Gasteiger partial charge in [-0.15, -0.1) is 0 Å². The standard InChI is InChI=1S/C38H56BrFN6O4Si2/c1-11-38(14-15-38)45(36(47)50-37(2,3)4)24-32-33(39)35(44(25-48-16-18-51(5,6)7)26-49-17-19-52(8,9)10)46-34(43-32)30(23-42-46)28-20-27-21-29(40)12-13-31(27)41-22-28/h12-13,20-23H,11,14-19,24-26H2,1-10H3. The molecule has 0 saturated heterocycles. The second kappa shape index (κ2) is 15.8. The highest BCUT2D eigenvalue weighted by Crippen LogP contribution is 2.47. The molecule has 1 aliphatic carbocycles. The molecule has 0 radical (unpaired) electrons. The van der Waals surface area contributed by atoms with E-state index in [0.29, 0.717) is 45.7 Å². The minimum atomic E-state index is -1.33. The fourth-order valence-electron chi connectivity index (χ4n) is 5.95. The highest BCUT2D eigenvalue weighted by molar-refractivity contribution is 9.10. The first-order valence-electron chi connectivity index (χ1n) is 18.3. The molecule has 3 heterocycles.